The van der Waals surface area contributed by atoms with Gasteiger partial charge in [0.05, 0.1) is 5.25 Å². The molecule has 16 heavy (non-hydrogen) atoms. The molecule has 1 atom stereocenters. The summed E-state index contributed by atoms with van der Waals surface area (Å²) in [7, 11) is 0. The summed E-state index contributed by atoms with van der Waals surface area (Å²) in [5.41, 5.74) is 1.59. The van der Waals surface area contributed by atoms with Crippen molar-refractivity contribution in [3.8, 4) is 0 Å². The molecule has 2 aromatic rings. The zero-order valence-electron chi connectivity index (χ0n) is 8.58. The summed E-state index contributed by atoms with van der Waals surface area (Å²) in [6.07, 6.45) is 0. The predicted octanol–water partition coefficient (Wildman–Crippen LogP) is 2.66. The number of benzene rings is 2. The average molecular weight is 231 g/mol. The first-order valence-corrected chi connectivity index (χ1v) is 6.11. The Kier molecular flexibility index (Phi) is 3.49. The molecule has 3 heteroatoms. The summed E-state index contributed by atoms with van der Waals surface area (Å²) in [6.45, 7) is 0. The fourth-order valence-corrected chi connectivity index (χ4v) is 2.43. The molecule has 82 valence electrons. The monoisotopic (exact) mass is 231 g/mol. The normalized spacial score (nSPS) is 12.6. The number of rotatable bonds is 3. The fourth-order valence-electron chi connectivity index (χ4n) is 1.67. The van der Waals surface area contributed by atoms with Gasteiger partial charge in [-0.1, -0.05) is 60.7 Å². The van der Waals surface area contributed by atoms with Gasteiger partial charge in [-0.15, -0.1) is 0 Å². The maximum Gasteiger partial charge on any atom is 0.0714 e. The van der Waals surface area contributed by atoms with Gasteiger partial charge in [-0.05, 0) is 22.2 Å². The second-order valence-electron chi connectivity index (χ2n) is 3.46. The highest BCUT2D eigenvalue weighted by atomic mass is 32.2. The quantitative estimate of drug-likeness (QED) is 0.762. The highest BCUT2D eigenvalue weighted by Crippen LogP contribution is 2.26. The van der Waals surface area contributed by atoms with Crippen LogP contribution < -0.4 is 0 Å². The summed E-state index contributed by atoms with van der Waals surface area (Å²) in [4.78, 5) is 0. The Balaban J connectivity index is 2.44. The minimum Gasteiger partial charge on any atom is -0.772 e. The Bertz CT molecular complexity index is 428. The van der Waals surface area contributed by atoms with Crippen molar-refractivity contribution >= 4 is 11.1 Å². The fraction of sp³-hybridized carbons (Fsp3) is 0.0769. The van der Waals surface area contributed by atoms with Crippen molar-refractivity contribution in [2.75, 3.05) is 0 Å². The van der Waals surface area contributed by atoms with Gasteiger partial charge >= 0.3 is 0 Å². The molecule has 0 spiro atoms. The Labute approximate surface area is 97.2 Å². The Morgan fingerprint density at radius 2 is 1.19 bits per heavy atom. The van der Waals surface area contributed by atoms with Crippen LogP contribution in [0.15, 0.2) is 60.7 Å². The topological polar surface area (TPSA) is 40.1 Å². The van der Waals surface area contributed by atoms with E-state index in [-0.39, 0.29) is 0 Å². The number of hydrogen-bond acceptors (Lipinski definition) is 2. The maximum atomic E-state index is 11.3. The van der Waals surface area contributed by atoms with E-state index in [0.717, 1.165) is 11.1 Å². The second kappa shape index (κ2) is 5.05. The van der Waals surface area contributed by atoms with Crippen LogP contribution in [-0.4, -0.2) is 8.76 Å². The van der Waals surface area contributed by atoms with Crippen LogP contribution in [0.3, 0.4) is 0 Å². The Morgan fingerprint density at radius 1 is 0.812 bits per heavy atom. The van der Waals surface area contributed by atoms with Crippen molar-refractivity contribution < 1.29 is 8.76 Å². The molecule has 0 saturated carbocycles. The summed E-state index contributed by atoms with van der Waals surface area (Å²) in [5, 5.41) is -0.581. The van der Waals surface area contributed by atoms with Crippen molar-refractivity contribution in [2.45, 2.75) is 5.25 Å². The SMILES string of the molecule is O=S([O-])C(c1ccccc1)c1ccccc1. The van der Waals surface area contributed by atoms with Crippen LogP contribution in [0.1, 0.15) is 16.4 Å². The third-order valence-corrected chi connectivity index (χ3v) is 3.33. The van der Waals surface area contributed by atoms with Crippen LogP contribution >= 0.6 is 0 Å². The van der Waals surface area contributed by atoms with Crippen LogP contribution in [0.2, 0.25) is 0 Å². The third-order valence-electron chi connectivity index (χ3n) is 2.40. The summed E-state index contributed by atoms with van der Waals surface area (Å²) in [6, 6.07) is 18.4. The van der Waals surface area contributed by atoms with Crippen molar-refractivity contribution in [2.24, 2.45) is 0 Å². The summed E-state index contributed by atoms with van der Waals surface area (Å²) >= 11 is -2.16. The smallest absolute Gasteiger partial charge is 0.0714 e. The van der Waals surface area contributed by atoms with E-state index in [1.54, 1.807) is 0 Å². The van der Waals surface area contributed by atoms with E-state index in [1.165, 1.54) is 0 Å². The maximum absolute atomic E-state index is 11.3. The lowest BCUT2D eigenvalue weighted by Crippen LogP contribution is -2.07. The highest BCUT2D eigenvalue weighted by Gasteiger charge is 2.13. The zero-order valence-corrected chi connectivity index (χ0v) is 9.39. The van der Waals surface area contributed by atoms with Gasteiger partial charge in [-0.3, -0.25) is 4.21 Å². The molecule has 0 aliphatic heterocycles. The van der Waals surface area contributed by atoms with E-state index in [9.17, 15) is 8.76 Å². The highest BCUT2D eigenvalue weighted by molar-refractivity contribution is 7.79. The molecule has 1 unspecified atom stereocenters. The van der Waals surface area contributed by atoms with E-state index in [1.807, 2.05) is 60.7 Å². The van der Waals surface area contributed by atoms with Crippen LogP contribution in [-0.2, 0) is 11.1 Å². The van der Waals surface area contributed by atoms with Crippen molar-refractivity contribution in [3.63, 3.8) is 0 Å². The molecule has 0 aliphatic rings. The summed E-state index contributed by atoms with van der Waals surface area (Å²) < 4.78 is 22.6. The molecule has 0 aromatic heterocycles. The second-order valence-corrected chi connectivity index (χ2v) is 4.45. The molecule has 0 radical (unpaired) electrons. The van der Waals surface area contributed by atoms with Crippen LogP contribution in [0.25, 0.3) is 0 Å². The minimum absolute atomic E-state index is 0.581. The van der Waals surface area contributed by atoms with Gasteiger partial charge in [0, 0.05) is 0 Å². The van der Waals surface area contributed by atoms with Gasteiger partial charge < -0.3 is 4.55 Å². The van der Waals surface area contributed by atoms with E-state index >= 15 is 0 Å². The number of hydrogen-bond donors (Lipinski definition) is 0. The van der Waals surface area contributed by atoms with E-state index in [4.69, 9.17) is 0 Å². The third kappa shape index (κ3) is 2.38. The van der Waals surface area contributed by atoms with Gasteiger partial charge in [0.2, 0.25) is 0 Å². The molecule has 0 N–H and O–H groups in total. The lowest BCUT2D eigenvalue weighted by Gasteiger charge is -2.20. The first kappa shape index (κ1) is 11.0. The predicted molar refractivity (Wildman–Crippen MR) is 63.6 cm³/mol. The molecule has 0 bridgehead atoms. The molecule has 2 aromatic carbocycles. The molecule has 2 nitrogen and oxygen atoms in total. The molecule has 0 fully saturated rings. The first-order valence-electron chi connectivity index (χ1n) is 4.97. The van der Waals surface area contributed by atoms with Crippen LogP contribution in [0, 0.1) is 0 Å². The molecular weight excluding hydrogens is 220 g/mol. The van der Waals surface area contributed by atoms with Gasteiger partial charge in [-0.2, -0.15) is 0 Å². The summed E-state index contributed by atoms with van der Waals surface area (Å²) in [5.74, 6) is 0. The van der Waals surface area contributed by atoms with Gasteiger partial charge in [0.1, 0.15) is 0 Å². The van der Waals surface area contributed by atoms with Gasteiger partial charge in [0.15, 0.2) is 0 Å². The average Bonchev–Trinajstić information content (AvgIpc) is 2.31. The van der Waals surface area contributed by atoms with E-state index in [2.05, 4.69) is 0 Å². The Hall–Kier alpha value is -1.45. The lowest BCUT2D eigenvalue weighted by atomic mass is 10.0. The lowest BCUT2D eigenvalue weighted by molar-refractivity contribution is 0.530. The molecule has 0 heterocycles. The zero-order chi connectivity index (χ0) is 11.4. The first-order chi connectivity index (χ1) is 7.79. The molecule has 0 saturated heterocycles. The van der Waals surface area contributed by atoms with E-state index < -0.39 is 16.3 Å². The van der Waals surface area contributed by atoms with Crippen LogP contribution in [0.4, 0.5) is 0 Å². The largest absolute Gasteiger partial charge is 0.772 e. The van der Waals surface area contributed by atoms with Crippen molar-refractivity contribution in [1.29, 1.82) is 0 Å². The Morgan fingerprint density at radius 3 is 1.50 bits per heavy atom. The van der Waals surface area contributed by atoms with Crippen molar-refractivity contribution in [3.05, 3.63) is 71.8 Å². The molecule has 0 aliphatic carbocycles. The van der Waals surface area contributed by atoms with Gasteiger partial charge in [-0.25, -0.2) is 0 Å². The minimum atomic E-state index is -2.16. The standard InChI is InChI=1S/C13H12O2S/c14-16(15)13(11-7-3-1-4-8-11)12-9-5-2-6-10-12/h1-10,13H,(H,14,15)/p-1. The molecule has 0 amide bonds. The van der Waals surface area contributed by atoms with Crippen molar-refractivity contribution in [1.82, 2.24) is 0 Å². The molecule has 2 rings (SSSR count). The van der Waals surface area contributed by atoms with E-state index in [0.29, 0.717) is 0 Å². The van der Waals surface area contributed by atoms with Crippen LogP contribution in [0.5, 0.6) is 0 Å². The molecular formula is C13H11O2S-. The van der Waals surface area contributed by atoms with Gasteiger partial charge in [0.25, 0.3) is 0 Å².